The molecular weight excluding hydrogens is 202 g/mol. The average molecular weight is 217 g/mol. The summed E-state index contributed by atoms with van der Waals surface area (Å²) in [5, 5.41) is 11.1. The van der Waals surface area contributed by atoms with Gasteiger partial charge >= 0.3 is 0 Å². The van der Waals surface area contributed by atoms with Gasteiger partial charge in [0.15, 0.2) is 0 Å². The quantitative estimate of drug-likeness (QED) is 0.832. The highest BCUT2D eigenvalue weighted by atomic mass is 15.4. The van der Waals surface area contributed by atoms with Crippen LogP contribution in [0.15, 0.2) is 30.6 Å². The second-order valence-electron chi connectivity index (χ2n) is 3.71. The maximum Gasteiger partial charge on any atom is 0.0738 e. The second kappa shape index (κ2) is 4.85. The highest BCUT2D eigenvalue weighted by Crippen LogP contribution is 2.08. The van der Waals surface area contributed by atoms with Crippen molar-refractivity contribution in [2.75, 3.05) is 0 Å². The molecule has 0 amide bonds. The Balaban J connectivity index is 1.94. The molecule has 5 heteroatoms. The van der Waals surface area contributed by atoms with Gasteiger partial charge in [-0.05, 0) is 19.1 Å². The minimum Gasteiger partial charge on any atom is -0.303 e. The molecule has 1 N–H and O–H groups in total. The molecule has 0 spiro atoms. The van der Waals surface area contributed by atoms with Gasteiger partial charge in [0.2, 0.25) is 0 Å². The Morgan fingerprint density at radius 3 is 2.94 bits per heavy atom. The van der Waals surface area contributed by atoms with E-state index in [1.165, 1.54) is 0 Å². The van der Waals surface area contributed by atoms with Crippen molar-refractivity contribution in [1.29, 1.82) is 0 Å². The predicted molar refractivity (Wildman–Crippen MR) is 60.5 cm³/mol. The summed E-state index contributed by atoms with van der Waals surface area (Å²) in [6, 6.07) is 6.14. The minimum atomic E-state index is 0.219. The molecule has 0 aliphatic heterocycles. The number of hydrogen-bond acceptors (Lipinski definition) is 4. The third-order valence-electron chi connectivity index (χ3n) is 2.53. The molecule has 84 valence electrons. The molecule has 5 nitrogen and oxygen atoms in total. The molecule has 16 heavy (non-hydrogen) atoms. The van der Waals surface area contributed by atoms with Crippen LogP contribution in [-0.4, -0.2) is 20.0 Å². The van der Waals surface area contributed by atoms with Gasteiger partial charge in [0.1, 0.15) is 0 Å². The molecule has 1 atom stereocenters. The van der Waals surface area contributed by atoms with Gasteiger partial charge in [-0.3, -0.25) is 9.67 Å². The number of aryl methyl sites for hydroxylation is 1. The number of nitrogens with zero attached hydrogens (tertiary/aromatic N) is 4. The van der Waals surface area contributed by atoms with Gasteiger partial charge in [0.05, 0.1) is 17.6 Å². The molecular formula is C11H15N5. The molecule has 0 fully saturated rings. The summed E-state index contributed by atoms with van der Waals surface area (Å²) in [7, 11) is 1.88. The van der Waals surface area contributed by atoms with Crippen molar-refractivity contribution < 1.29 is 0 Å². The van der Waals surface area contributed by atoms with E-state index in [2.05, 4.69) is 27.5 Å². The first-order valence-electron chi connectivity index (χ1n) is 5.25. The molecule has 2 aromatic heterocycles. The molecule has 0 aromatic carbocycles. The Hall–Kier alpha value is -1.75. The highest BCUT2D eigenvalue weighted by Gasteiger charge is 2.06. The van der Waals surface area contributed by atoms with Crippen molar-refractivity contribution in [3.05, 3.63) is 42.0 Å². The second-order valence-corrected chi connectivity index (χ2v) is 3.71. The zero-order valence-electron chi connectivity index (χ0n) is 9.46. The van der Waals surface area contributed by atoms with Crippen molar-refractivity contribution in [3.63, 3.8) is 0 Å². The zero-order chi connectivity index (χ0) is 11.4. The Morgan fingerprint density at radius 2 is 2.31 bits per heavy atom. The summed E-state index contributed by atoms with van der Waals surface area (Å²) in [6.07, 6.45) is 3.57. The zero-order valence-corrected chi connectivity index (χ0v) is 9.46. The van der Waals surface area contributed by atoms with Crippen LogP contribution in [0.5, 0.6) is 0 Å². The molecule has 2 rings (SSSR count). The Labute approximate surface area is 94.5 Å². The lowest BCUT2D eigenvalue weighted by Gasteiger charge is -2.12. The highest BCUT2D eigenvalue weighted by molar-refractivity contribution is 5.08. The lowest BCUT2D eigenvalue weighted by Crippen LogP contribution is -2.20. The summed E-state index contributed by atoms with van der Waals surface area (Å²) >= 11 is 0. The van der Waals surface area contributed by atoms with Gasteiger partial charge in [-0.1, -0.05) is 11.3 Å². The van der Waals surface area contributed by atoms with E-state index in [0.717, 1.165) is 17.9 Å². The summed E-state index contributed by atoms with van der Waals surface area (Å²) in [4.78, 5) is 4.30. The van der Waals surface area contributed by atoms with Crippen LogP contribution in [0.2, 0.25) is 0 Å². The topological polar surface area (TPSA) is 55.6 Å². The lowest BCUT2D eigenvalue weighted by molar-refractivity contribution is 0.536. The third-order valence-corrected chi connectivity index (χ3v) is 2.53. The number of hydrogen-bond donors (Lipinski definition) is 1. The van der Waals surface area contributed by atoms with Crippen molar-refractivity contribution in [3.8, 4) is 0 Å². The van der Waals surface area contributed by atoms with Crippen molar-refractivity contribution in [2.24, 2.45) is 7.05 Å². The molecule has 2 aromatic rings. The fourth-order valence-electron chi connectivity index (χ4n) is 1.47. The molecule has 0 bridgehead atoms. The molecule has 0 aliphatic rings. The van der Waals surface area contributed by atoms with Gasteiger partial charge in [-0.2, -0.15) is 0 Å². The van der Waals surface area contributed by atoms with Crippen LogP contribution >= 0.6 is 0 Å². The molecule has 0 saturated heterocycles. The Morgan fingerprint density at radius 1 is 1.44 bits per heavy atom. The largest absolute Gasteiger partial charge is 0.303 e. The fourth-order valence-corrected chi connectivity index (χ4v) is 1.47. The Bertz CT molecular complexity index is 437. The van der Waals surface area contributed by atoms with Crippen LogP contribution in [0.25, 0.3) is 0 Å². The maximum absolute atomic E-state index is 4.30. The van der Waals surface area contributed by atoms with E-state index < -0.39 is 0 Å². The number of aromatic nitrogens is 4. The van der Waals surface area contributed by atoms with Crippen molar-refractivity contribution >= 4 is 0 Å². The van der Waals surface area contributed by atoms with Crippen LogP contribution in [0, 0.1) is 0 Å². The molecule has 0 saturated carbocycles. The van der Waals surface area contributed by atoms with E-state index in [-0.39, 0.29) is 6.04 Å². The Kier molecular flexibility index (Phi) is 3.26. The number of nitrogens with one attached hydrogen (secondary N) is 1. The lowest BCUT2D eigenvalue weighted by atomic mass is 10.2. The van der Waals surface area contributed by atoms with Gasteiger partial charge < -0.3 is 5.32 Å². The first-order chi connectivity index (χ1) is 7.77. The minimum absolute atomic E-state index is 0.219. The van der Waals surface area contributed by atoms with E-state index >= 15 is 0 Å². The molecule has 0 aliphatic carbocycles. The van der Waals surface area contributed by atoms with Gasteiger partial charge in [-0.15, -0.1) is 5.10 Å². The van der Waals surface area contributed by atoms with E-state index in [1.54, 1.807) is 17.1 Å². The van der Waals surface area contributed by atoms with Gasteiger partial charge in [0, 0.05) is 25.8 Å². The van der Waals surface area contributed by atoms with E-state index in [9.17, 15) is 0 Å². The van der Waals surface area contributed by atoms with Crippen LogP contribution in [0.1, 0.15) is 24.4 Å². The van der Waals surface area contributed by atoms with E-state index in [4.69, 9.17) is 0 Å². The van der Waals surface area contributed by atoms with Crippen LogP contribution in [-0.2, 0) is 13.6 Å². The number of pyridine rings is 1. The number of rotatable bonds is 4. The summed E-state index contributed by atoms with van der Waals surface area (Å²) in [5.41, 5.74) is 2.10. The van der Waals surface area contributed by atoms with Crippen molar-refractivity contribution in [1.82, 2.24) is 25.3 Å². The van der Waals surface area contributed by atoms with Crippen molar-refractivity contribution in [2.45, 2.75) is 19.5 Å². The normalized spacial score (nSPS) is 12.6. The van der Waals surface area contributed by atoms with E-state index in [0.29, 0.717) is 0 Å². The van der Waals surface area contributed by atoms with Gasteiger partial charge in [-0.25, -0.2) is 0 Å². The van der Waals surface area contributed by atoms with Crippen LogP contribution in [0.4, 0.5) is 0 Å². The average Bonchev–Trinajstić information content (AvgIpc) is 2.73. The molecule has 0 radical (unpaired) electrons. The smallest absolute Gasteiger partial charge is 0.0738 e. The SMILES string of the molecule is CC(NCc1cnnn1C)c1ccccn1. The maximum atomic E-state index is 4.30. The molecule has 2 heterocycles. The summed E-state index contributed by atoms with van der Waals surface area (Å²) in [5.74, 6) is 0. The van der Waals surface area contributed by atoms with Crippen LogP contribution < -0.4 is 5.32 Å². The monoisotopic (exact) mass is 217 g/mol. The summed E-state index contributed by atoms with van der Waals surface area (Å²) in [6.45, 7) is 2.83. The standard InChI is InChI=1S/C11H15N5/c1-9(11-5-3-4-6-12-11)13-7-10-8-14-15-16(10)2/h3-6,8-9,13H,7H2,1-2H3. The fraction of sp³-hybridized carbons (Fsp3) is 0.364. The van der Waals surface area contributed by atoms with E-state index in [1.807, 2.05) is 25.2 Å². The predicted octanol–water partition coefficient (Wildman–Crippen LogP) is 1.06. The molecule has 1 unspecified atom stereocenters. The third kappa shape index (κ3) is 2.43. The van der Waals surface area contributed by atoms with Gasteiger partial charge in [0.25, 0.3) is 0 Å². The first-order valence-corrected chi connectivity index (χ1v) is 5.25. The first kappa shape index (κ1) is 10.8. The summed E-state index contributed by atoms with van der Waals surface area (Å²) < 4.78 is 1.76. The van der Waals surface area contributed by atoms with Crippen LogP contribution in [0.3, 0.4) is 0 Å².